The summed E-state index contributed by atoms with van der Waals surface area (Å²) in [6.07, 6.45) is 3.14. The normalized spacial score (nSPS) is 10.1. The fourth-order valence-corrected chi connectivity index (χ4v) is 2.47. The molecule has 0 radical (unpaired) electrons. The van der Waals surface area contributed by atoms with Crippen LogP contribution in [-0.4, -0.2) is 29.5 Å². The number of amides is 1. The molecule has 136 valence electrons. The van der Waals surface area contributed by atoms with Gasteiger partial charge in [-0.1, -0.05) is 42.5 Å². The summed E-state index contributed by atoms with van der Waals surface area (Å²) in [5.41, 5.74) is 1.97. The van der Waals surface area contributed by atoms with Crippen molar-refractivity contribution in [2.45, 2.75) is 0 Å². The standard InChI is InChI=1S/C21H20N4O2/c1-3-12-22-21(26)18-14-23-19(15-8-5-4-6-9-15)25-20(18)24-16-10-7-11-17(13-16)27-2/h3-11,13-14H,1,12H2,2H3,(H,22,26)(H,23,24,25). The van der Waals surface area contributed by atoms with E-state index in [1.807, 2.05) is 54.6 Å². The predicted molar refractivity (Wildman–Crippen MR) is 106 cm³/mol. The van der Waals surface area contributed by atoms with Gasteiger partial charge in [0.05, 0.1) is 7.11 Å². The van der Waals surface area contributed by atoms with Crippen molar-refractivity contribution in [3.8, 4) is 17.1 Å². The number of ether oxygens (including phenoxy) is 1. The van der Waals surface area contributed by atoms with Crippen molar-refractivity contribution in [2.24, 2.45) is 0 Å². The highest BCUT2D eigenvalue weighted by atomic mass is 16.5. The number of benzene rings is 2. The van der Waals surface area contributed by atoms with Crippen molar-refractivity contribution in [1.82, 2.24) is 15.3 Å². The van der Waals surface area contributed by atoms with Crippen LogP contribution in [0.5, 0.6) is 5.75 Å². The van der Waals surface area contributed by atoms with Gasteiger partial charge in [0.25, 0.3) is 5.91 Å². The highest BCUT2D eigenvalue weighted by Gasteiger charge is 2.15. The molecule has 0 saturated carbocycles. The van der Waals surface area contributed by atoms with Gasteiger partial charge in [0.1, 0.15) is 17.1 Å². The van der Waals surface area contributed by atoms with E-state index in [4.69, 9.17) is 4.74 Å². The molecular formula is C21H20N4O2. The van der Waals surface area contributed by atoms with E-state index in [2.05, 4.69) is 27.2 Å². The summed E-state index contributed by atoms with van der Waals surface area (Å²) in [5, 5.41) is 5.95. The fraction of sp³-hybridized carbons (Fsp3) is 0.0952. The molecule has 0 atom stereocenters. The van der Waals surface area contributed by atoms with Gasteiger partial charge in [-0.15, -0.1) is 6.58 Å². The van der Waals surface area contributed by atoms with Crippen molar-refractivity contribution in [1.29, 1.82) is 0 Å². The Morgan fingerprint density at radius 1 is 1.19 bits per heavy atom. The van der Waals surface area contributed by atoms with E-state index in [0.717, 1.165) is 11.3 Å². The van der Waals surface area contributed by atoms with E-state index >= 15 is 0 Å². The number of aromatic nitrogens is 2. The molecule has 0 aliphatic heterocycles. The number of hydrogen-bond donors (Lipinski definition) is 2. The molecule has 0 aliphatic carbocycles. The molecule has 6 nitrogen and oxygen atoms in total. The van der Waals surface area contributed by atoms with Crippen LogP contribution in [0.4, 0.5) is 11.5 Å². The number of nitrogens with zero attached hydrogens (tertiary/aromatic N) is 2. The number of nitrogens with one attached hydrogen (secondary N) is 2. The van der Waals surface area contributed by atoms with Crippen molar-refractivity contribution in [2.75, 3.05) is 19.0 Å². The van der Waals surface area contributed by atoms with Gasteiger partial charge in [-0.25, -0.2) is 9.97 Å². The molecule has 0 fully saturated rings. The maximum Gasteiger partial charge on any atom is 0.256 e. The number of carbonyl (C=O) groups is 1. The van der Waals surface area contributed by atoms with Gasteiger partial charge in [0, 0.05) is 30.1 Å². The first-order valence-electron chi connectivity index (χ1n) is 8.44. The number of hydrogen-bond acceptors (Lipinski definition) is 5. The molecule has 2 N–H and O–H groups in total. The maximum atomic E-state index is 12.5. The molecule has 1 amide bonds. The minimum Gasteiger partial charge on any atom is -0.497 e. The number of carbonyl (C=O) groups excluding carboxylic acids is 1. The third-order valence-corrected chi connectivity index (χ3v) is 3.80. The molecule has 0 aliphatic rings. The van der Waals surface area contributed by atoms with Crippen molar-refractivity contribution in [3.63, 3.8) is 0 Å². The first-order valence-corrected chi connectivity index (χ1v) is 8.44. The minimum absolute atomic E-state index is 0.278. The Bertz CT molecular complexity index is 942. The van der Waals surface area contributed by atoms with Gasteiger partial charge in [-0.2, -0.15) is 0 Å². The monoisotopic (exact) mass is 360 g/mol. The van der Waals surface area contributed by atoms with Gasteiger partial charge in [-0.05, 0) is 12.1 Å². The predicted octanol–water partition coefficient (Wildman–Crippen LogP) is 3.81. The zero-order valence-electron chi connectivity index (χ0n) is 15.0. The smallest absolute Gasteiger partial charge is 0.256 e. The second kappa shape index (κ2) is 8.62. The van der Waals surface area contributed by atoms with Crippen LogP contribution >= 0.6 is 0 Å². The Labute approximate surface area is 157 Å². The van der Waals surface area contributed by atoms with Gasteiger partial charge in [0.15, 0.2) is 5.82 Å². The van der Waals surface area contributed by atoms with E-state index in [1.165, 1.54) is 6.20 Å². The van der Waals surface area contributed by atoms with Crippen LogP contribution in [-0.2, 0) is 0 Å². The molecule has 1 heterocycles. The topological polar surface area (TPSA) is 76.1 Å². The first kappa shape index (κ1) is 18.1. The highest BCUT2D eigenvalue weighted by molar-refractivity contribution is 5.99. The lowest BCUT2D eigenvalue weighted by Gasteiger charge is -2.13. The largest absolute Gasteiger partial charge is 0.497 e. The summed E-state index contributed by atoms with van der Waals surface area (Å²) in [7, 11) is 1.60. The van der Waals surface area contributed by atoms with E-state index in [1.54, 1.807) is 13.2 Å². The molecule has 0 spiro atoms. The van der Waals surface area contributed by atoms with Crippen LogP contribution in [0.1, 0.15) is 10.4 Å². The van der Waals surface area contributed by atoms with Crippen LogP contribution < -0.4 is 15.4 Å². The average Bonchev–Trinajstić information content (AvgIpc) is 2.72. The second-order valence-electron chi connectivity index (χ2n) is 5.68. The number of rotatable bonds is 7. The van der Waals surface area contributed by atoms with Gasteiger partial charge >= 0.3 is 0 Å². The molecule has 1 aromatic heterocycles. The van der Waals surface area contributed by atoms with Crippen LogP contribution in [0, 0.1) is 0 Å². The summed E-state index contributed by atoms with van der Waals surface area (Å²) in [4.78, 5) is 21.4. The fourth-order valence-electron chi connectivity index (χ4n) is 2.47. The van der Waals surface area contributed by atoms with Crippen molar-refractivity contribution in [3.05, 3.63) is 79.0 Å². The molecule has 27 heavy (non-hydrogen) atoms. The van der Waals surface area contributed by atoms with Gasteiger partial charge in [-0.3, -0.25) is 4.79 Å². The van der Waals surface area contributed by atoms with E-state index in [9.17, 15) is 4.79 Å². The quantitative estimate of drug-likeness (QED) is 0.627. The van der Waals surface area contributed by atoms with Crippen LogP contribution in [0.3, 0.4) is 0 Å². The minimum atomic E-state index is -0.278. The van der Waals surface area contributed by atoms with Gasteiger partial charge < -0.3 is 15.4 Å². The molecule has 3 rings (SSSR count). The van der Waals surface area contributed by atoms with Crippen molar-refractivity contribution >= 4 is 17.4 Å². The van der Waals surface area contributed by atoms with Gasteiger partial charge in [0.2, 0.25) is 0 Å². The van der Waals surface area contributed by atoms with Crippen LogP contribution in [0.2, 0.25) is 0 Å². The molecular weight excluding hydrogens is 340 g/mol. The number of anilines is 2. The average molecular weight is 360 g/mol. The highest BCUT2D eigenvalue weighted by Crippen LogP contribution is 2.24. The third-order valence-electron chi connectivity index (χ3n) is 3.80. The Balaban J connectivity index is 2.00. The molecule has 3 aromatic rings. The zero-order chi connectivity index (χ0) is 19.1. The Hall–Kier alpha value is -3.67. The van der Waals surface area contributed by atoms with E-state index < -0.39 is 0 Å². The Morgan fingerprint density at radius 3 is 2.74 bits per heavy atom. The maximum absolute atomic E-state index is 12.5. The molecule has 0 unspecified atom stereocenters. The SMILES string of the molecule is C=CCNC(=O)c1cnc(-c2ccccc2)nc1Nc1cccc(OC)c1. The molecule has 6 heteroatoms. The lowest BCUT2D eigenvalue weighted by Crippen LogP contribution is -2.24. The van der Waals surface area contributed by atoms with Crippen molar-refractivity contribution < 1.29 is 9.53 Å². The van der Waals surface area contributed by atoms with Crippen LogP contribution in [0.25, 0.3) is 11.4 Å². The third kappa shape index (κ3) is 4.49. The van der Waals surface area contributed by atoms with Crippen LogP contribution in [0.15, 0.2) is 73.4 Å². The summed E-state index contributed by atoms with van der Waals surface area (Å²) in [5.74, 6) is 1.37. The lowest BCUT2D eigenvalue weighted by molar-refractivity contribution is 0.0958. The van der Waals surface area contributed by atoms with E-state index in [0.29, 0.717) is 29.5 Å². The zero-order valence-corrected chi connectivity index (χ0v) is 15.0. The first-order chi connectivity index (χ1) is 13.2. The Morgan fingerprint density at radius 2 is 2.00 bits per heavy atom. The summed E-state index contributed by atoms with van der Waals surface area (Å²) >= 11 is 0. The summed E-state index contributed by atoms with van der Waals surface area (Å²) in [6, 6.07) is 17.0. The Kier molecular flexibility index (Phi) is 5.79. The molecule has 2 aromatic carbocycles. The molecule has 0 bridgehead atoms. The lowest BCUT2D eigenvalue weighted by atomic mass is 10.2. The molecule has 0 saturated heterocycles. The summed E-state index contributed by atoms with van der Waals surface area (Å²) in [6.45, 7) is 3.97. The van der Waals surface area contributed by atoms with E-state index in [-0.39, 0.29) is 5.91 Å². The summed E-state index contributed by atoms with van der Waals surface area (Å²) < 4.78 is 5.25. The second-order valence-corrected chi connectivity index (χ2v) is 5.68. The number of methoxy groups -OCH3 is 1.